The minimum atomic E-state index is -0.567. The summed E-state index contributed by atoms with van der Waals surface area (Å²) in [5, 5.41) is 13.8. The van der Waals surface area contributed by atoms with Crippen molar-refractivity contribution in [3.63, 3.8) is 0 Å². The number of esters is 1. The van der Waals surface area contributed by atoms with E-state index in [0.717, 1.165) is 4.68 Å². The summed E-state index contributed by atoms with van der Waals surface area (Å²) in [4.78, 5) is 26.3. The molecule has 0 unspecified atom stereocenters. The number of ether oxygens (including phenoxy) is 1. The Kier molecular flexibility index (Phi) is 4.55. The first-order valence-corrected chi connectivity index (χ1v) is 7.79. The minimum absolute atomic E-state index is 0.00114. The Morgan fingerprint density at radius 2 is 2.12 bits per heavy atom. The molecule has 1 aliphatic rings. The number of hydrogen-bond donors (Lipinski definition) is 1. The van der Waals surface area contributed by atoms with Crippen LogP contribution in [0.5, 0.6) is 0 Å². The van der Waals surface area contributed by atoms with Crippen LogP contribution in [0.25, 0.3) is 5.69 Å². The Balaban J connectivity index is 2.07. The van der Waals surface area contributed by atoms with Crippen molar-refractivity contribution in [1.82, 2.24) is 9.78 Å². The third kappa shape index (κ3) is 2.88. The molecule has 1 saturated heterocycles. The molecular weight excluding hydrogens is 334 g/mol. The van der Waals surface area contributed by atoms with E-state index in [1.807, 2.05) is 4.90 Å². The summed E-state index contributed by atoms with van der Waals surface area (Å²) >= 11 is 6.23. The molecular formula is C16H16ClN3O4. The average Bonchev–Trinajstić information content (AvgIpc) is 3.02. The van der Waals surface area contributed by atoms with Gasteiger partial charge in [0.15, 0.2) is 0 Å². The van der Waals surface area contributed by atoms with Crippen molar-refractivity contribution >= 4 is 23.3 Å². The second-order valence-electron chi connectivity index (χ2n) is 5.46. The maximum atomic E-state index is 12.6. The maximum Gasteiger partial charge on any atom is 0.340 e. The number of aromatic nitrogens is 2. The van der Waals surface area contributed by atoms with Crippen LogP contribution in [0.2, 0.25) is 5.02 Å². The highest BCUT2D eigenvalue weighted by Crippen LogP contribution is 2.26. The normalized spacial score (nSPS) is 17.1. The van der Waals surface area contributed by atoms with Crippen LogP contribution in [0.1, 0.15) is 16.8 Å². The number of carbonyl (C=O) groups is 1. The van der Waals surface area contributed by atoms with Gasteiger partial charge < -0.3 is 14.7 Å². The predicted molar refractivity (Wildman–Crippen MR) is 89.0 cm³/mol. The number of para-hydroxylation sites is 1. The number of nitrogens with zero attached hydrogens (tertiary/aromatic N) is 3. The largest absolute Gasteiger partial charge is 0.465 e. The molecule has 1 fully saturated rings. The van der Waals surface area contributed by atoms with Crippen molar-refractivity contribution in [2.45, 2.75) is 12.5 Å². The first-order valence-electron chi connectivity index (χ1n) is 7.41. The highest BCUT2D eigenvalue weighted by Gasteiger charge is 2.25. The van der Waals surface area contributed by atoms with Crippen molar-refractivity contribution in [3.05, 3.63) is 51.4 Å². The predicted octanol–water partition coefficient (Wildman–Crippen LogP) is 1.24. The molecule has 1 aromatic carbocycles. The fourth-order valence-electron chi connectivity index (χ4n) is 2.72. The van der Waals surface area contributed by atoms with Gasteiger partial charge in [-0.2, -0.15) is 9.78 Å². The molecule has 2 heterocycles. The van der Waals surface area contributed by atoms with Crippen LogP contribution in [0.3, 0.4) is 0 Å². The van der Waals surface area contributed by atoms with Gasteiger partial charge in [-0.05, 0) is 18.6 Å². The van der Waals surface area contributed by atoms with E-state index < -0.39 is 17.6 Å². The highest BCUT2D eigenvalue weighted by atomic mass is 35.5. The SMILES string of the molecule is COC(=O)c1ccccc1-n1ncc(N2CC[C@@H](O)C2)c(Cl)c1=O. The van der Waals surface area contributed by atoms with E-state index in [0.29, 0.717) is 30.9 Å². The summed E-state index contributed by atoms with van der Waals surface area (Å²) in [6.07, 6.45) is 1.64. The smallest absolute Gasteiger partial charge is 0.340 e. The number of benzene rings is 1. The Bertz CT molecular complexity index is 836. The second kappa shape index (κ2) is 6.62. The average molecular weight is 350 g/mol. The highest BCUT2D eigenvalue weighted by molar-refractivity contribution is 6.33. The fourth-order valence-corrected chi connectivity index (χ4v) is 2.97. The maximum absolute atomic E-state index is 12.6. The van der Waals surface area contributed by atoms with Gasteiger partial charge in [0, 0.05) is 13.1 Å². The van der Waals surface area contributed by atoms with Crippen LogP contribution >= 0.6 is 11.6 Å². The molecule has 24 heavy (non-hydrogen) atoms. The topological polar surface area (TPSA) is 84.7 Å². The molecule has 0 amide bonds. The van der Waals surface area contributed by atoms with E-state index >= 15 is 0 Å². The van der Waals surface area contributed by atoms with E-state index in [1.54, 1.807) is 24.3 Å². The van der Waals surface area contributed by atoms with Gasteiger partial charge in [0.1, 0.15) is 5.02 Å². The second-order valence-corrected chi connectivity index (χ2v) is 5.84. The van der Waals surface area contributed by atoms with Gasteiger partial charge in [0.25, 0.3) is 5.56 Å². The van der Waals surface area contributed by atoms with E-state index in [-0.39, 0.29) is 10.6 Å². The summed E-state index contributed by atoms with van der Waals surface area (Å²) < 4.78 is 5.81. The third-order valence-electron chi connectivity index (χ3n) is 3.94. The number of anilines is 1. The molecule has 1 atom stereocenters. The lowest BCUT2D eigenvalue weighted by Crippen LogP contribution is -2.28. The zero-order valence-corrected chi connectivity index (χ0v) is 13.7. The van der Waals surface area contributed by atoms with Crippen LogP contribution in [0.4, 0.5) is 5.69 Å². The minimum Gasteiger partial charge on any atom is -0.465 e. The van der Waals surface area contributed by atoms with Crippen molar-refractivity contribution < 1.29 is 14.6 Å². The van der Waals surface area contributed by atoms with Gasteiger partial charge >= 0.3 is 5.97 Å². The number of β-amino-alcohol motifs (C(OH)–C–C–N with tert-alkyl or cyclic N) is 1. The summed E-state index contributed by atoms with van der Waals surface area (Å²) in [6, 6.07) is 6.50. The molecule has 0 aliphatic carbocycles. The number of hydrogen-bond acceptors (Lipinski definition) is 6. The Labute approximate surface area is 143 Å². The first-order chi connectivity index (χ1) is 11.5. The Hall–Kier alpha value is -2.38. The van der Waals surface area contributed by atoms with E-state index in [2.05, 4.69) is 5.10 Å². The van der Waals surface area contributed by atoms with Crippen molar-refractivity contribution in [2.24, 2.45) is 0 Å². The van der Waals surface area contributed by atoms with Gasteiger partial charge in [-0.25, -0.2) is 4.79 Å². The quantitative estimate of drug-likeness (QED) is 0.839. The number of methoxy groups -OCH3 is 1. The Morgan fingerprint density at radius 3 is 2.79 bits per heavy atom. The summed E-state index contributed by atoms with van der Waals surface area (Å²) in [5.74, 6) is -0.567. The monoisotopic (exact) mass is 349 g/mol. The molecule has 2 aromatic rings. The lowest BCUT2D eigenvalue weighted by Gasteiger charge is -2.19. The molecule has 7 nitrogen and oxygen atoms in total. The molecule has 3 rings (SSSR count). The number of aliphatic hydroxyl groups excluding tert-OH is 1. The molecule has 1 N–H and O–H groups in total. The van der Waals surface area contributed by atoms with E-state index in [4.69, 9.17) is 16.3 Å². The molecule has 8 heteroatoms. The van der Waals surface area contributed by atoms with Gasteiger partial charge in [0.2, 0.25) is 0 Å². The number of carbonyl (C=O) groups excluding carboxylic acids is 1. The molecule has 126 valence electrons. The fraction of sp³-hybridized carbons (Fsp3) is 0.312. The molecule has 0 spiro atoms. The number of rotatable bonds is 3. The third-order valence-corrected chi connectivity index (χ3v) is 4.30. The van der Waals surface area contributed by atoms with Crippen LogP contribution in [0.15, 0.2) is 35.3 Å². The summed E-state index contributed by atoms with van der Waals surface area (Å²) in [6.45, 7) is 1.01. The van der Waals surface area contributed by atoms with Crippen LogP contribution in [-0.4, -0.2) is 47.2 Å². The van der Waals surface area contributed by atoms with E-state index in [9.17, 15) is 14.7 Å². The van der Waals surface area contributed by atoms with Gasteiger partial charge in [-0.15, -0.1) is 0 Å². The molecule has 0 bridgehead atoms. The first kappa shape index (κ1) is 16.5. The lowest BCUT2D eigenvalue weighted by atomic mass is 10.2. The lowest BCUT2D eigenvalue weighted by molar-refractivity contribution is 0.0600. The summed E-state index contributed by atoms with van der Waals surface area (Å²) in [7, 11) is 1.27. The Morgan fingerprint density at radius 1 is 1.38 bits per heavy atom. The van der Waals surface area contributed by atoms with Crippen LogP contribution in [0, 0.1) is 0 Å². The summed E-state index contributed by atoms with van der Waals surface area (Å²) in [5.41, 5.74) is 0.455. The number of halogens is 1. The van der Waals surface area contributed by atoms with Crippen molar-refractivity contribution in [2.75, 3.05) is 25.1 Å². The molecule has 1 aliphatic heterocycles. The van der Waals surface area contributed by atoms with Crippen LogP contribution < -0.4 is 10.5 Å². The van der Waals surface area contributed by atoms with Gasteiger partial charge in [-0.1, -0.05) is 23.7 Å². The zero-order valence-electron chi connectivity index (χ0n) is 13.0. The van der Waals surface area contributed by atoms with E-state index in [1.165, 1.54) is 13.3 Å². The van der Waals surface area contributed by atoms with Crippen molar-refractivity contribution in [3.8, 4) is 5.69 Å². The van der Waals surface area contributed by atoms with Crippen molar-refractivity contribution in [1.29, 1.82) is 0 Å². The molecule has 0 radical (unpaired) electrons. The standard InChI is InChI=1S/C16H16ClN3O4/c1-24-16(23)11-4-2-3-5-12(11)20-15(22)14(17)13(8-18-20)19-7-6-10(21)9-19/h2-5,8,10,21H,6-7,9H2,1H3/t10-/m1/s1. The van der Waals surface area contributed by atoms with Crippen LogP contribution in [-0.2, 0) is 4.74 Å². The van der Waals surface area contributed by atoms with Gasteiger partial charge in [0.05, 0.1) is 36.3 Å². The molecule has 1 aromatic heterocycles. The molecule has 0 saturated carbocycles. The number of aliphatic hydroxyl groups is 1. The van der Waals surface area contributed by atoms with Gasteiger partial charge in [-0.3, -0.25) is 4.79 Å². The zero-order chi connectivity index (χ0) is 17.3.